The average molecular weight is 447 g/mol. The first-order chi connectivity index (χ1) is 16.0. The van der Waals surface area contributed by atoms with Crippen molar-refractivity contribution in [3.63, 3.8) is 0 Å². The number of nitrogens with zero attached hydrogens (tertiary/aromatic N) is 2. The van der Waals surface area contributed by atoms with E-state index in [-0.39, 0.29) is 17.1 Å². The molecule has 0 saturated carbocycles. The molecule has 1 saturated heterocycles. The van der Waals surface area contributed by atoms with Crippen LogP contribution in [0.5, 0.6) is 5.75 Å². The van der Waals surface area contributed by atoms with E-state index >= 15 is 0 Å². The molecule has 0 aromatic heterocycles. The van der Waals surface area contributed by atoms with E-state index < -0.39 is 0 Å². The number of hydrogen-bond acceptors (Lipinski definition) is 4. The molecule has 1 fully saturated rings. The monoisotopic (exact) mass is 446 g/mol. The largest absolute Gasteiger partial charge is 0.493 e. The van der Waals surface area contributed by atoms with Crippen LogP contribution >= 0.6 is 0 Å². The van der Waals surface area contributed by atoms with Gasteiger partial charge in [0, 0.05) is 25.1 Å². The van der Waals surface area contributed by atoms with E-state index in [9.17, 15) is 9.59 Å². The maximum atomic E-state index is 12.6. The zero-order valence-corrected chi connectivity index (χ0v) is 19.6. The predicted molar refractivity (Wildman–Crippen MR) is 132 cm³/mol. The zero-order chi connectivity index (χ0) is 23.3. The second-order valence-corrected chi connectivity index (χ2v) is 9.09. The van der Waals surface area contributed by atoms with Crippen LogP contribution in [0, 0.1) is 0 Å². The molecule has 2 aromatic rings. The molecule has 2 aliphatic rings. The Kier molecular flexibility index (Phi) is 7.29. The van der Waals surface area contributed by atoms with Gasteiger partial charge < -0.3 is 14.5 Å². The summed E-state index contributed by atoms with van der Waals surface area (Å²) in [4.78, 5) is 29.1. The van der Waals surface area contributed by atoms with Crippen molar-refractivity contribution in [2.75, 3.05) is 37.7 Å². The number of amides is 1. The highest BCUT2D eigenvalue weighted by molar-refractivity contribution is 5.97. The maximum Gasteiger partial charge on any atom is 0.227 e. The first-order valence-corrected chi connectivity index (χ1v) is 12.0. The number of Topliss-reactive ketones (excluding diaryl/α,β-unsaturated/α-hetero) is 1. The summed E-state index contributed by atoms with van der Waals surface area (Å²) in [6.45, 7) is 9.48. The SMILES string of the molecule is C=CCN1C(=O)CCc2c(OCCCN3CCC(C(C)=O)(c4ccccc4)CC3)cccc21. The molecular formula is C28H34N2O3. The van der Waals surface area contributed by atoms with Gasteiger partial charge in [-0.1, -0.05) is 42.5 Å². The Morgan fingerprint density at radius 1 is 1.09 bits per heavy atom. The molecule has 0 N–H and O–H groups in total. The van der Waals surface area contributed by atoms with Crippen LogP contribution in [0.1, 0.15) is 43.7 Å². The van der Waals surface area contributed by atoms with Crippen LogP contribution in [0.3, 0.4) is 0 Å². The van der Waals surface area contributed by atoms with Gasteiger partial charge in [-0.15, -0.1) is 6.58 Å². The van der Waals surface area contributed by atoms with Crippen LogP contribution in [0.15, 0.2) is 61.2 Å². The standard InChI is InChI=1S/C28H34N2O3/c1-3-17-30-25-11-7-12-26(24(25)13-14-27(30)32)33-21-8-18-29-19-15-28(16-20-29,22(2)31)23-9-5-4-6-10-23/h3-7,9-12H,1,8,13-21H2,2H3. The fourth-order valence-electron chi connectivity index (χ4n) is 5.25. The van der Waals surface area contributed by atoms with Gasteiger partial charge in [0.1, 0.15) is 11.5 Å². The Hall–Kier alpha value is -2.92. The van der Waals surface area contributed by atoms with E-state index in [1.165, 1.54) is 0 Å². The molecule has 174 valence electrons. The highest BCUT2D eigenvalue weighted by atomic mass is 16.5. The lowest BCUT2D eigenvalue weighted by Crippen LogP contribution is -2.46. The number of hydrogen-bond donors (Lipinski definition) is 0. The van der Waals surface area contributed by atoms with Crippen molar-refractivity contribution in [3.05, 3.63) is 72.3 Å². The van der Waals surface area contributed by atoms with Crippen LogP contribution in [0.2, 0.25) is 0 Å². The smallest absolute Gasteiger partial charge is 0.227 e. The molecule has 4 rings (SSSR count). The number of ether oxygens (including phenoxy) is 1. The topological polar surface area (TPSA) is 49.9 Å². The molecular weight excluding hydrogens is 412 g/mol. The lowest BCUT2D eigenvalue weighted by atomic mass is 9.70. The fraction of sp³-hybridized carbons (Fsp3) is 0.429. The second kappa shape index (κ2) is 10.3. The molecule has 0 spiro atoms. The molecule has 0 radical (unpaired) electrons. The number of likely N-dealkylation sites (tertiary alicyclic amines) is 1. The van der Waals surface area contributed by atoms with Crippen molar-refractivity contribution < 1.29 is 14.3 Å². The van der Waals surface area contributed by atoms with Gasteiger partial charge >= 0.3 is 0 Å². The molecule has 2 aromatic carbocycles. The molecule has 0 atom stereocenters. The summed E-state index contributed by atoms with van der Waals surface area (Å²) in [5.41, 5.74) is 2.87. The van der Waals surface area contributed by atoms with Gasteiger partial charge in [-0.25, -0.2) is 0 Å². The Bertz CT molecular complexity index is 993. The van der Waals surface area contributed by atoms with Gasteiger partial charge in [0.2, 0.25) is 5.91 Å². The minimum absolute atomic E-state index is 0.141. The summed E-state index contributed by atoms with van der Waals surface area (Å²) in [7, 11) is 0. The number of benzene rings is 2. The quantitative estimate of drug-likeness (QED) is 0.419. The third-order valence-electron chi connectivity index (χ3n) is 7.19. The molecule has 0 aliphatic carbocycles. The molecule has 5 nitrogen and oxygen atoms in total. The first-order valence-electron chi connectivity index (χ1n) is 12.0. The van der Waals surface area contributed by atoms with E-state index in [4.69, 9.17) is 4.74 Å². The van der Waals surface area contributed by atoms with E-state index in [1.807, 2.05) is 36.4 Å². The van der Waals surface area contributed by atoms with E-state index in [0.29, 0.717) is 19.6 Å². The van der Waals surface area contributed by atoms with Gasteiger partial charge in [-0.3, -0.25) is 9.59 Å². The number of ketones is 1. The molecule has 2 aliphatic heterocycles. The molecule has 33 heavy (non-hydrogen) atoms. The minimum atomic E-state index is -0.341. The third kappa shape index (κ3) is 4.88. The summed E-state index contributed by atoms with van der Waals surface area (Å²) >= 11 is 0. The molecule has 0 bridgehead atoms. The second-order valence-electron chi connectivity index (χ2n) is 9.09. The molecule has 2 heterocycles. The van der Waals surface area contributed by atoms with Crippen molar-refractivity contribution >= 4 is 17.4 Å². The Morgan fingerprint density at radius 3 is 2.55 bits per heavy atom. The van der Waals surface area contributed by atoms with E-state index in [1.54, 1.807) is 17.9 Å². The van der Waals surface area contributed by atoms with Gasteiger partial charge in [0.15, 0.2) is 0 Å². The lowest BCUT2D eigenvalue weighted by molar-refractivity contribution is -0.124. The average Bonchev–Trinajstić information content (AvgIpc) is 2.84. The number of piperidine rings is 1. The first kappa shape index (κ1) is 23.2. The van der Waals surface area contributed by atoms with E-state index in [2.05, 4.69) is 23.6 Å². The minimum Gasteiger partial charge on any atom is -0.493 e. The van der Waals surface area contributed by atoms with Crippen LogP contribution in [0.25, 0.3) is 0 Å². The number of anilines is 1. The number of rotatable bonds is 9. The van der Waals surface area contributed by atoms with Crippen LogP contribution in [-0.4, -0.2) is 49.4 Å². The van der Waals surface area contributed by atoms with E-state index in [0.717, 1.165) is 67.9 Å². The summed E-state index contributed by atoms with van der Waals surface area (Å²) in [5, 5.41) is 0. The van der Waals surface area contributed by atoms with Crippen molar-refractivity contribution in [3.8, 4) is 5.75 Å². The molecule has 5 heteroatoms. The van der Waals surface area contributed by atoms with Gasteiger partial charge in [0.25, 0.3) is 0 Å². The highest BCUT2D eigenvalue weighted by Gasteiger charge is 2.40. The number of carbonyl (C=O) groups is 2. The Labute approximate surface area is 197 Å². The summed E-state index contributed by atoms with van der Waals surface area (Å²) in [5.74, 6) is 1.30. The maximum absolute atomic E-state index is 12.6. The van der Waals surface area contributed by atoms with Crippen molar-refractivity contribution in [1.29, 1.82) is 0 Å². The molecule has 1 amide bonds. The van der Waals surface area contributed by atoms with Crippen LogP contribution < -0.4 is 9.64 Å². The Morgan fingerprint density at radius 2 is 1.85 bits per heavy atom. The number of fused-ring (bicyclic) bond motifs is 1. The number of carbonyl (C=O) groups excluding carboxylic acids is 2. The fourth-order valence-corrected chi connectivity index (χ4v) is 5.25. The Balaban J connectivity index is 1.30. The van der Waals surface area contributed by atoms with Crippen molar-refractivity contribution in [1.82, 2.24) is 4.90 Å². The summed E-state index contributed by atoms with van der Waals surface area (Å²) in [6.07, 6.45) is 5.65. The van der Waals surface area contributed by atoms with Crippen molar-refractivity contribution in [2.45, 2.75) is 44.4 Å². The van der Waals surface area contributed by atoms with Gasteiger partial charge in [-0.2, -0.15) is 0 Å². The summed E-state index contributed by atoms with van der Waals surface area (Å²) in [6, 6.07) is 16.2. The predicted octanol–water partition coefficient (Wildman–Crippen LogP) is 4.54. The highest BCUT2D eigenvalue weighted by Crippen LogP contribution is 2.37. The van der Waals surface area contributed by atoms with Crippen molar-refractivity contribution in [2.24, 2.45) is 0 Å². The van der Waals surface area contributed by atoms with Gasteiger partial charge in [0.05, 0.1) is 17.7 Å². The van der Waals surface area contributed by atoms with Gasteiger partial charge in [-0.05, 0) is 63.4 Å². The van der Waals surface area contributed by atoms with Crippen LogP contribution in [0.4, 0.5) is 5.69 Å². The lowest BCUT2D eigenvalue weighted by Gasteiger charge is -2.40. The normalized spacial score (nSPS) is 18.0. The zero-order valence-electron chi connectivity index (χ0n) is 19.6. The molecule has 0 unspecified atom stereocenters. The third-order valence-corrected chi connectivity index (χ3v) is 7.19. The van der Waals surface area contributed by atoms with Crippen LogP contribution in [-0.2, 0) is 21.4 Å². The summed E-state index contributed by atoms with van der Waals surface area (Å²) < 4.78 is 6.16.